The van der Waals surface area contributed by atoms with Crippen molar-refractivity contribution in [1.29, 1.82) is 0 Å². The van der Waals surface area contributed by atoms with Crippen molar-refractivity contribution < 1.29 is 4.79 Å². The fourth-order valence-corrected chi connectivity index (χ4v) is 2.07. The van der Waals surface area contributed by atoms with Gasteiger partial charge in [-0.2, -0.15) is 11.3 Å². The van der Waals surface area contributed by atoms with Gasteiger partial charge in [-0.05, 0) is 28.8 Å². The molecule has 3 heteroatoms. The maximum absolute atomic E-state index is 11.1. The van der Waals surface area contributed by atoms with Crippen LogP contribution in [0.2, 0.25) is 0 Å². The van der Waals surface area contributed by atoms with Crippen LogP contribution in [0, 0.1) is 0 Å². The van der Waals surface area contributed by atoms with E-state index in [1.807, 2.05) is 16.8 Å². The van der Waals surface area contributed by atoms with E-state index in [9.17, 15) is 4.79 Å². The van der Waals surface area contributed by atoms with Crippen LogP contribution in [0.5, 0.6) is 0 Å². The zero-order chi connectivity index (χ0) is 9.68. The zero-order valence-corrected chi connectivity index (χ0v) is 8.64. The van der Waals surface area contributed by atoms with Gasteiger partial charge in [0, 0.05) is 0 Å². The molecule has 0 aliphatic heterocycles. The summed E-state index contributed by atoms with van der Waals surface area (Å²) in [5.74, 6) is -0.280. The molecular weight excluding hydrogens is 182 g/mol. The molecule has 1 heterocycles. The highest BCUT2D eigenvalue weighted by Gasteiger charge is 2.16. The molecule has 0 spiro atoms. The van der Waals surface area contributed by atoms with Crippen molar-refractivity contribution in [3.8, 4) is 0 Å². The van der Waals surface area contributed by atoms with E-state index >= 15 is 0 Å². The Labute approximate surface area is 82.8 Å². The monoisotopic (exact) mass is 197 g/mol. The zero-order valence-electron chi connectivity index (χ0n) is 7.82. The van der Waals surface area contributed by atoms with Gasteiger partial charge >= 0.3 is 0 Å². The molecule has 1 unspecified atom stereocenters. The number of amides is 1. The Balaban J connectivity index is 2.63. The number of hydrogen-bond donors (Lipinski definition) is 1. The van der Waals surface area contributed by atoms with Crippen LogP contribution in [0.15, 0.2) is 16.8 Å². The predicted molar refractivity (Wildman–Crippen MR) is 55.8 cm³/mol. The van der Waals surface area contributed by atoms with E-state index in [-0.39, 0.29) is 11.8 Å². The van der Waals surface area contributed by atoms with Crippen LogP contribution in [0.25, 0.3) is 0 Å². The molecule has 0 saturated carbocycles. The second kappa shape index (κ2) is 5.02. The van der Waals surface area contributed by atoms with Gasteiger partial charge in [-0.1, -0.05) is 19.8 Å². The lowest BCUT2D eigenvalue weighted by Crippen LogP contribution is -2.20. The van der Waals surface area contributed by atoms with Crippen LogP contribution >= 0.6 is 11.3 Å². The Morgan fingerprint density at radius 3 is 2.92 bits per heavy atom. The van der Waals surface area contributed by atoms with Crippen LogP contribution in [0.4, 0.5) is 0 Å². The van der Waals surface area contributed by atoms with E-state index in [0.717, 1.165) is 24.8 Å². The molecular formula is C10H15NOS. The third-order valence-corrected chi connectivity index (χ3v) is 2.84. The fourth-order valence-electron chi connectivity index (χ4n) is 1.35. The molecule has 2 N–H and O–H groups in total. The molecule has 13 heavy (non-hydrogen) atoms. The summed E-state index contributed by atoms with van der Waals surface area (Å²) >= 11 is 1.61. The average Bonchev–Trinajstić information content (AvgIpc) is 2.57. The number of thiophene rings is 1. The fraction of sp³-hybridized carbons (Fsp3) is 0.500. The van der Waals surface area contributed by atoms with E-state index in [1.165, 1.54) is 0 Å². The van der Waals surface area contributed by atoms with Gasteiger partial charge < -0.3 is 5.73 Å². The van der Waals surface area contributed by atoms with Gasteiger partial charge in [0.05, 0.1) is 5.92 Å². The van der Waals surface area contributed by atoms with Gasteiger partial charge in [0.15, 0.2) is 0 Å². The molecule has 72 valence electrons. The molecule has 0 aromatic carbocycles. The predicted octanol–water partition coefficient (Wildman–Crippen LogP) is 2.51. The van der Waals surface area contributed by atoms with Gasteiger partial charge in [-0.3, -0.25) is 4.79 Å². The summed E-state index contributed by atoms with van der Waals surface area (Å²) in [6.07, 6.45) is 3.04. The Morgan fingerprint density at radius 2 is 2.46 bits per heavy atom. The third-order valence-electron chi connectivity index (χ3n) is 2.14. The first-order chi connectivity index (χ1) is 6.25. The highest BCUT2D eigenvalue weighted by molar-refractivity contribution is 7.08. The van der Waals surface area contributed by atoms with Crippen molar-refractivity contribution in [3.63, 3.8) is 0 Å². The van der Waals surface area contributed by atoms with E-state index < -0.39 is 0 Å². The van der Waals surface area contributed by atoms with Crippen molar-refractivity contribution in [3.05, 3.63) is 22.4 Å². The molecule has 1 aromatic rings. The van der Waals surface area contributed by atoms with Crippen molar-refractivity contribution in [2.75, 3.05) is 0 Å². The quantitative estimate of drug-likeness (QED) is 0.774. The minimum atomic E-state index is -0.202. The summed E-state index contributed by atoms with van der Waals surface area (Å²) in [5.41, 5.74) is 6.41. The number of rotatable bonds is 5. The molecule has 0 fully saturated rings. The summed E-state index contributed by atoms with van der Waals surface area (Å²) < 4.78 is 0. The minimum absolute atomic E-state index is 0.0776. The van der Waals surface area contributed by atoms with E-state index in [2.05, 4.69) is 6.92 Å². The summed E-state index contributed by atoms with van der Waals surface area (Å²) in [6.45, 7) is 2.12. The standard InChI is InChI=1S/C10H15NOS/c1-2-3-4-9(10(11)12)8-5-6-13-7-8/h5-7,9H,2-4H2,1H3,(H2,11,12). The average molecular weight is 197 g/mol. The Bertz CT molecular complexity index is 256. The number of unbranched alkanes of at least 4 members (excludes halogenated alkanes) is 1. The van der Waals surface area contributed by atoms with Crippen LogP contribution in [-0.2, 0) is 4.79 Å². The Hall–Kier alpha value is -0.830. The lowest BCUT2D eigenvalue weighted by molar-refractivity contribution is -0.119. The molecule has 0 aliphatic rings. The largest absolute Gasteiger partial charge is 0.369 e. The van der Waals surface area contributed by atoms with Gasteiger partial charge in [0.2, 0.25) is 5.91 Å². The van der Waals surface area contributed by atoms with E-state index in [4.69, 9.17) is 5.73 Å². The first-order valence-corrected chi connectivity index (χ1v) is 5.51. The van der Waals surface area contributed by atoms with Crippen LogP contribution in [0.3, 0.4) is 0 Å². The second-order valence-electron chi connectivity index (χ2n) is 3.15. The minimum Gasteiger partial charge on any atom is -0.369 e. The lowest BCUT2D eigenvalue weighted by Gasteiger charge is -2.10. The second-order valence-corrected chi connectivity index (χ2v) is 3.93. The van der Waals surface area contributed by atoms with Gasteiger partial charge in [-0.25, -0.2) is 0 Å². The Kier molecular flexibility index (Phi) is 3.96. The number of carbonyl (C=O) groups is 1. The maximum Gasteiger partial charge on any atom is 0.224 e. The van der Waals surface area contributed by atoms with Gasteiger partial charge in [0.25, 0.3) is 0 Å². The molecule has 1 atom stereocenters. The number of carbonyl (C=O) groups excluding carboxylic acids is 1. The maximum atomic E-state index is 11.1. The Morgan fingerprint density at radius 1 is 1.69 bits per heavy atom. The van der Waals surface area contributed by atoms with Crippen molar-refractivity contribution in [1.82, 2.24) is 0 Å². The molecule has 0 aliphatic carbocycles. The van der Waals surface area contributed by atoms with E-state index in [1.54, 1.807) is 11.3 Å². The van der Waals surface area contributed by atoms with Crippen LogP contribution in [0.1, 0.15) is 37.7 Å². The number of primary amides is 1. The van der Waals surface area contributed by atoms with Crippen LogP contribution < -0.4 is 5.73 Å². The molecule has 0 saturated heterocycles. The summed E-state index contributed by atoms with van der Waals surface area (Å²) in [7, 11) is 0. The third kappa shape index (κ3) is 2.84. The normalized spacial score (nSPS) is 12.7. The summed E-state index contributed by atoms with van der Waals surface area (Å²) in [5, 5.41) is 3.99. The van der Waals surface area contributed by atoms with Crippen molar-refractivity contribution >= 4 is 17.2 Å². The number of hydrogen-bond acceptors (Lipinski definition) is 2. The topological polar surface area (TPSA) is 43.1 Å². The van der Waals surface area contributed by atoms with E-state index in [0.29, 0.717) is 0 Å². The molecule has 0 radical (unpaired) electrons. The smallest absolute Gasteiger partial charge is 0.224 e. The van der Waals surface area contributed by atoms with Crippen molar-refractivity contribution in [2.45, 2.75) is 32.1 Å². The molecule has 2 nitrogen and oxygen atoms in total. The highest BCUT2D eigenvalue weighted by atomic mass is 32.1. The van der Waals surface area contributed by atoms with Crippen LogP contribution in [-0.4, -0.2) is 5.91 Å². The first-order valence-electron chi connectivity index (χ1n) is 4.57. The first kappa shape index (κ1) is 10.3. The summed E-state index contributed by atoms with van der Waals surface area (Å²) in [4.78, 5) is 11.1. The molecule has 1 rings (SSSR count). The summed E-state index contributed by atoms with van der Waals surface area (Å²) in [6, 6.07) is 1.98. The molecule has 1 aromatic heterocycles. The number of nitrogens with two attached hydrogens (primary N) is 1. The molecule has 0 bridgehead atoms. The molecule has 1 amide bonds. The van der Waals surface area contributed by atoms with Gasteiger partial charge in [-0.15, -0.1) is 0 Å². The van der Waals surface area contributed by atoms with Gasteiger partial charge in [0.1, 0.15) is 0 Å². The highest BCUT2D eigenvalue weighted by Crippen LogP contribution is 2.23. The SMILES string of the molecule is CCCCC(C(N)=O)c1ccsc1. The lowest BCUT2D eigenvalue weighted by atomic mass is 9.95. The van der Waals surface area contributed by atoms with Crippen molar-refractivity contribution in [2.24, 2.45) is 5.73 Å².